The molecule has 0 N–H and O–H groups in total. The number of halogens is 2. The fraction of sp³-hybridized carbons (Fsp3) is 0.478. The molecule has 0 atom stereocenters. The summed E-state index contributed by atoms with van der Waals surface area (Å²) in [6.45, 7) is 5.77. The van der Waals surface area contributed by atoms with Gasteiger partial charge in [0.05, 0.1) is 0 Å². The van der Waals surface area contributed by atoms with Crippen molar-refractivity contribution in [1.82, 2.24) is 0 Å². The molecule has 0 aliphatic heterocycles. The van der Waals surface area contributed by atoms with E-state index in [1.807, 2.05) is 6.92 Å². The van der Waals surface area contributed by atoms with Gasteiger partial charge in [-0.15, -0.1) is 0 Å². The summed E-state index contributed by atoms with van der Waals surface area (Å²) in [5.74, 6) is 0.0560. The molecule has 1 aliphatic rings. The first-order chi connectivity index (χ1) is 12.0. The third-order valence-corrected chi connectivity index (χ3v) is 5.87. The predicted octanol–water partition coefficient (Wildman–Crippen LogP) is 7.32. The lowest BCUT2D eigenvalue weighted by atomic mass is 9.77. The van der Waals surface area contributed by atoms with Crippen molar-refractivity contribution in [3.05, 3.63) is 58.7 Å². The molecule has 0 aromatic heterocycles. The van der Waals surface area contributed by atoms with E-state index in [1.165, 1.54) is 50.2 Å². The van der Waals surface area contributed by atoms with Crippen LogP contribution in [0.15, 0.2) is 30.3 Å². The van der Waals surface area contributed by atoms with E-state index in [9.17, 15) is 8.78 Å². The maximum atomic E-state index is 14.0. The fourth-order valence-electron chi connectivity index (χ4n) is 4.47. The van der Waals surface area contributed by atoms with Crippen LogP contribution in [0.4, 0.5) is 8.78 Å². The van der Waals surface area contributed by atoms with Gasteiger partial charge in [-0.05, 0) is 85.3 Å². The van der Waals surface area contributed by atoms with Gasteiger partial charge in [0.25, 0.3) is 0 Å². The van der Waals surface area contributed by atoms with Crippen LogP contribution in [0.25, 0.3) is 11.1 Å². The molecule has 0 radical (unpaired) electrons. The molecular weight excluding hydrogens is 314 g/mol. The summed E-state index contributed by atoms with van der Waals surface area (Å²) in [5, 5.41) is 0. The van der Waals surface area contributed by atoms with Crippen molar-refractivity contribution in [2.45, 2.75) is 65.2 Å². The summed E-state index contributed by atoms with van der Waals surface area (Å²) >= 11 is 0. The van der Waals surface area contributed by atoms with Crippen LogP contribution in [0.5, 0.6) is 0 Å². The van der Waals surface area contributed by atoms with E-state index < -0.39 is 11.6 Å². The average molecular weight is 342 g/mol. The Kier molecular flexibility index (Phi) is 5.56. The van der Waals surface area contributed by atoms with Crippen molar-refractivity contribution in [3.8, 4) is 11.1 Å². The maximum Gasteiger partial charge on any atom is 0.162 e. The summed E-state index contributed by atoms with van der Waals surface area (Å²) in [5.41, 5.74) is 4.35. The molecule has 1 fully saturated rings. The molecule has 0 nitrogen and oxygen atoms in total. The van der Waals surface area contributed by atoms with Crippen molar-refractivity contribution in [3.63, 3.8) is 0 Å². The fourth-order valence-corrected chi connectivity index (χ4v) is 4.47. The van der Waals surface area contributed by atoms with Crippen molar-refractivity contribution < 1.29 is 8.78 Å². The second kappa shape index (κ2) is 7.68. The molecular formula is C23H28F2. The number of hydrogen-bond acceptors (Lipinski definition) is 0. The number of benzene rings is 2. The SMILES string of the molecule is CCCC1CCC(c2ccc(-c3c(C)cc(F)c(F)c3C)cc2)CC1. The molecule has 0 heterocycles. The smallest absolute Gasteiger partial charge is 0.162 e. The Balaban J connectivity index is 1.79. The number of rotatable bonds is 4. The van der Waals surface area contributed by atoms with Gasteiger partial charge in [0.1, 0.15) is 0 Å². The summed E-state index contributed by atoms with van der Waals surface area (Å²) in [6.07, 6.45) is 7.86. The molecule has 1 aliphatic carbocycles. The predicted molar refractivity (Wildman–Crippen MR) is 101 cm³/mol. The molecule has 25 heavy (non-hydrogen) atoms. The first kappa shape index (κ1) is 18.1. The van der Waals surface area contributed by atoms with Crippen molar-refractivity contribution in [2.24, 2.45) is 5.92 Å². The minimum Gasteiger partial charge on any atom is -0.204 e. The van der Waals surface area contributed by atoms with Gasteiger partial charge in [0.2, 0.25) is 0 Å². The molecule has 2 aromatic carbocycles. The molecule has 2 aromatic rings. The van der Waals surface area contributed by atoms with Gasteiger partial charge in [-0.1, -0.05) is 44.0 Å². The average Bonchev–Trinajstić information content (AvgIpc) is 2.61. The quantitative estimate of drug-likeness (QED) is 0.546. The van der Waals surface area contributed by atoms with Crippen LogP contribution < -0.4 is 0 Å². The van der Waals surface area contributed by atoms with E-state index in [-0.39, 0.29) is 0 Å². The van der Waals surface area contributed by atoms with Crippen molar-refractivity contribution in [1.29, 1.82) is 0 Å². The Morgan fingerprint density at radius 3 is 2.20 bits per heavy atom. The third kappa shape index (κ3) is 3.78. The zero-order valence-corrected chi connectivity index (χ0v) is 15.5. The second-order valence-electron chi connectivity index (χ2n) is 7.62. The van der Waals surface area contributed by atoms with Gasteiger partial charge in [-0.2, -0.15) is 0 Å². The van der Waals surface area contributed by atoms with Crippen LogP contribution >= 0.6 is 0 Å². The highest BCUT2D eigenvalue weighted by molar-refractivity contribution is 5.71. The molecule has 0 bridgehead atoms. The lowest BCUT2D eigenvalue weighted by molar-refractivity contribution is 0.308. The van der Waals surface area contributed by atoms with E-state index in [4.69, 9.17) is 0 Å². The van der Waals surface area contributed by atoms with Gasteiger partial charge in [-0.25, -0.2) is 8.78 Å². The van der Waals surface area contributed by atoms with E-state index in [0.717, 1.165) is 22.6 Å². The topological polar surface area (TPSA) is 0 Å². The molecule has 134 valence electrons. The first-order valence-corrected chi connectivity index (χ1v) is 9.56. The number of aryl methyl sites for hydroxylation is 1. The summed E-state index contributed by atoms with van der Waals surface area (Å²) in [6, 6.07) is 9.79. The van der Waals surface area contributed by atoms with Crippen molar-refractivity contribution >= 4 is 0 Å². The minimum atomic E-state index is -0.765. The lowest BCUT2D eigenvalue weighted by Gasteiger charge is -2.28. The Morgan fingerprint density at radius 1 is 0.960 bits per heavy atom. The van der Waals surface area contributed by atoms with Crippen LogP contribution in [0.2, 0.25) is 0 Å². The van der Waals surface area contributed by atoms with Crippen LogP contribution in [0, 0.1) is 31.4 Å². The van der Waals surface area contributed by atoms with Crippen LogP contribution in [0.3, 0.4) is 0 Å². The largest absolute Gasteiger partial charge is 0.204 e. The summed E-state index contributed by atoms with van der Waals surface area (Å²) in [4.78, 5) is 0. The highest BCUT2D eigenvalue weighted by Crippen LogP contribution is 2.38. The Hall–Kier alpha value is -1.70. The zero-order valence-electron chi connectivity index (χ0n) is 15.5. The number of hydrogen-bond donors (Lipinski definition) is 0. The van der Waals surface area contributed by atoms with Gasteiger partial charge < -0.3 is 0 Å². The van der Waals surface area contributed by atoms with Gasteiger partial charge in [0.15, 0.2) is 11.6 Å². The van der Waals surface area contributed by atoms with E-state index in [1.54, 1.807) is 6.92 Å². The van der Waals surface area contributed by atoms with Crippen molar-refractivity contribution in [2.75, 3.05) is 0 Å². The van der Waals surface area contributed by atoms with Crippen LogP contribution in [0.1, 0.15) is 68.1 Å². The van der Waals surface area contributed by atoms with Crippen LogP contribution in [-0.4, -0.2) is 0 Å². The highest BCUT2D eigenvalue weighted by atomic mass is 19.2. The van der Waals surface area contributed by atoms with E-state index in [0.29, 0.717) is 11.5 Å². The Morgan fingerprint density at radius 2 is 1.60 bits per heavy atom. The van der Waals surface area contributed by atoms with Gasteiger partial charge in [0, 0.05) is 0 Å². The molecule has 3 rings (SSSR count). The first-order valence-electron chi connectivity index (χ1n) is 9.56. The van der Waals surface area contributed by atoms with Gasteiger partial charge >= 0.3 is 0 Å². The molecule has 1 saturated carbocycles. The molecule has 0 spiro atoms. The Labute approximate surface area is 150 Å². The zero-order chi connectivity index (χ0) is 18.0. The normalized spacial score (nSPS) is 20.7. The Bertz CT molecular complexity index is 723. The van der Waals surface area contributed by atoms with Crippen LogP contribution in [-0.2, 0) is 0 Å². The second-order valence-corrected chi connectivity index (χ2v) is 7.62. The maximum absolute atomic E-state index is 14.0. The third-order valence-electron chi connectivity index (χ3n) is 5.87. The summed E-state index contributed by atoms with van der Waals surface area (Å²) in [7, 11) is 0. The highest BCUT2D eigenvalue weighted by Gasteiger charge is 2.22. The molecule has 0 saturated heterocycles. The van der Waals surface area contributed by atoms with E-state index >= 15 is 0 Å². The van der Waals surface area contributed by atoms with E-state index in [2.05, 4.69) is 31.2 Å². The summed E-state index contributed by atoms with van der Waals surface area (Å²) < 4.78 is 27.5. The van der Waals surface area contributed by atoms with Gasteiger partial charge in [-0.3, -0.25) is 0 Å². The standard InChI is InChI=1S/C23H28F2/c1-4-5-17-6-8-18(9-7-17)19-10-12-20(13-11-19)22-15(2)14-21(24)23(25)16(22)3/h10-14,17-18H,4-9H2,1-3H3. The minimum absolute atomic E-state index is 0.394. The molecule has 0 amide bonds. The molecule has 0 unspecified atom stereocenters. The lowest BCUT2D eigenvalue weighted by Crippen LogP contribution is -2.13. The molecule has 2 heteroatoms. The monoisotopic (exact) mass is 342 g/mol.